The number of amides is 1. The molecule has 2 rings (SSSR count). The number of nitrogens with zero attached hydrogens (tertiary/aromatic N) is 1. The van der Waals surface area contributed by atoms with E-state index in [0.29, 0.717) is 19.1 Å². The fraction of sp³-hybridized carbons (Fsp3) is 0.524. The van der Waals surface area contributed by atoms with Crippen LogP contribution in [0.4, 0.5) is 0 Å². The first kappa shape index (κ1) is 19.1. The first-order valence-electron chi connectivity index (χ1n) is 9.11. The Labute approximate surface area is 150 Å². The van der Waals surface area contributed by atoms with Crippen molar-refractivity contribution in [1.29, 1.82) is 0 Å². The molecule has 4 nitrogen and oxygen atoms in total. The van der Waals surface area contributed by atoms with Gasteiger partial charge in [0.15, 0.2) is 0 Å². The van der Waals surface area contributed by atoms with Gasteiger partial charge in [0, 0.05) is 12.5 Å². The van der Waals surface area contributed by atoms with Crippen LogP contribution < -0.4 is 0 Å². The first-order valence-corrected chi connectivity index (χ1v) is 9.11. The Hall–Kier alpha value is -2.28. The fourth-order valence-electron chi connectivity index (χ4n) is 3.67. The highest BCUT2D eigenvalue weighted by Gasteiger charge is 2.29. The molecule has 0 N–H and O–H groups in total. The molecule has 1 aliphatic rings. The molecule has 0 bridgehead atoms. The normalized spacial score (nSPS) is 15.8. The van der Waals surface area contributed by atoms with Crippen molar-refractivity contribution in [2.45, 2.75) is 44.9 Å². The molecule has 1 aromatic rings. The molecule has 1 aromatic carbocycles. The van der Waals surface area contributed by atoms with E-state index in [9.17, 15) is 9.59 Å². The van der Waals surface area contributed by atoms with E-state index in [1.807, 2.05) is 18.2 Å². The summed E-state index contributed by atoms with van der Waals surface area (Å²) in [4.78, 5) is 25.5. The number of rotatable bonds is 7. The number of carbonyl (C=O) groups excluding carboxylic acids is 2. The Kier molecular flexibility index (Phi) is 7.53. The lowest BCUT2D eigenvalue weighted by Crippen LogP contribution is -2.40. The van der Waals surface area contributed by atoms with Crippen molar-refractivity contribution in [2.24, 2.45) is 5.92 Å². The molecule has 4 heteroatoms. The Morgan fingerprint density at radius 2 is 1.92 bits per heavy atom. The zero-order valence-electron chi connectivity index (χ0n) is 14.9. The molecule has 0 spiro atoms. The van der Waals surface area contributed by atoms with Crippen molar-refractivity contribution in [3.05, 3.63) is 35.9 Å². The summed E-state index contributed by atoms with van der Waals surface area (Å²) in [7, 11) is 0. The SMILES string of the molecule is C#CC(=O)N(CC(=O)OCC)CC(c1ccccc1)C1CCCCC1. The maximum atomic E-state index is 12.2. The molecule has 1 unspecified atom stereocenters. The van der Waals surface area contributed by atoms with E-state index < -0.39 is 11.9 Å². The van der Waals surface area contributed by atoms with Gasteiger partial charge in [-0.25, -0.2) is 0 Å². The van der Waals surface area contributed by atoms with Crippen molar-refractivity contribution in [2.75, 3.05) is 19.7 Å². The molecule has 1 atom stereocenters. The number of hydrogen-bond acceptors (Lipinski definition) is 3. The topological polar surface area (TPSA) is 46.6 Å². The van der Waals surface area contributed by atoms with E-state index in [4.69, 9.17) is 11.2 Å². The van der Waals surface area contributed by atoms with Crippen molar-refractivity contribution >= 4 is 11.9 Å². The van der Waals surface area contributed by atoms with Crippen LogP contribution in [0.15, 0.2) is 30.3 Å². The lowest BCUT2D eigenvalue weighted by molar-refractivity contribution is -0.147. The van der Waals surface area contributed by atoms with Crippen LogP contribution in [0, 0.1) is 18.3 Å². The molecule has 0 aliphatic heterocycles. The van der Waals surface area contributed by atoms with Crippen molar-refractivity contribution < 1.29 is 14.3 Å². The molecule has 134 valence electrons. The molecule has 0 saturated heterocycles. The maximum absolute atomic E-state index is 12.2. The summed E-state index contributed by atoms with van der Waals surface area (Å²) in [5.74, 6) is 1.98. The monoisotopic (exact) mass is 341 g/mol. The van der Waals surface area contributed by atoms with Gasteiger partial charge in [0.1, 0.15) is 6.54 Å². The molecule has 1 amide bonds. The molecule has 1 aliphatic carbocycles. The van der Waals surface area contributed by atoms with E-state index in [0.717, 1.165) is 12.8 Å². The molecule has 25 heavy (non-hydrogen) atoms. The molecular formula is C21H27NO3. The second-order valence-electron chi connectivity index (χ2n) is 6.55. The van der Waals surface area contributed by atoms with Gasteiger partial charge >= 0.3 is 5.97 Å². The summed E-state index contributed by atoms with van der Waals surface area (Å²) < 4.78 is 5.00. The van der Waals surface area contributed by atoms with Gasteiger partial charge in [-0.15, -0.1) is 6.42 Å². The van der Waals surface area contributed by atoms with Gasteiger partial charge in [-0.05, 0) is 37.2 Å². The number of terminal acetylenes is 1. The first-order chi connectivity index (χ1) is 12.2. The molecule has 1 fully saturated rings. The van der Waals surface area contributed by atoms with Crippen LogP contribution in [0.5, 0.6) is 0 Å². The summed E-state index contributed by atoms with van der Waals surface area (Å²) in [6, 6.07) is 10.2. The summed E-state index contributed by atoms with van der Waals surface area (Å²) >= 11 is 0. The van der Waals surface area contributed by atoms with Crippen molar-refractivity contribution in [1.82, 2.24) is 4.90 Å². The highest BCUT2D eigenvalue weighted by atomic mass is 16.5. The van der Waals surface area contributed by atoms with Gasteiger partial charge in [0.25, 0.3) is 5.91 Å². The van der Waals surface area contributed by atoms with Gasteiger partial charge in [0.05, 0.1) is 6.61 Å². The van der Waals surface area contributed by atoms with Crippen LogP contribution in [0.25, 0.3) is 0 Å². The van der Waals surface area contributed by atoms with Gasteiger partial charge in [-0.1, -0.05) is 49.6 Å². The van der Waals surface area contributed by atoms with Gasteiger partial charge in [0.2, 0.25) is 0 Å². The highest BCUT2D eigenvalue weighted by Crippen LogP contribution is 2.36. The summed E-state index contributed by atoms with van der Waals surface area (Å²) in [5, 5.41) is 0. The Bertz CT molecular complexity index is 599. The van der Waals surface area contributed by atoms with Crippen molar-refractivity contribution in [3.63, 3.8) is 0 Å². The minimum atomic E-state index is -0.454. The quantitative estimate of drug-likeness (QED) is 0.564. The minimum Gasteiger partial charge on any atom is -0.465 e. The van der Waals surface area contributed by atoms with Crippen LogP contribution in [-0.4, -0.2) is 36.5 Å². The average molecular weight is 341 g/mol. The molecule has 0 heterocycles. The summed E-state index contributed by atoms with van der Waals surface area (Å²) in [5.41, 5.74) is 1.20. The zero-order valence-corrected chi connectivity index (χ0v) is 14.9. The smallest absolute Gasteiger partial charge is 0.325 e. The second kappa shape index (κ2) is 9.88. The maximum Gasteiger partial charge on any atom is 0.325 e. The minimum absolute atomic E-state index is 0.0904. The lowest BCUT2D eigenvalue weighted by Gasteiger charge is -2.34. The highest BCUT2D eigenvalue weighted by molar-refractivity contribution is 5.94. The molecular weight excluding hydrogens is 314 g/mol. The molecule has 0 aromatic heterocycles. The number of hydrogen-bond donors (Lipinski definition) is 0. The predicted octanol–water partition coefficient (Wildman–Crippen LogP) is 3.38. The number of ether oxygens (including phenoxy) is 1. The van der Waals surface area contributed by atoms with E-state index in [1.165, 1.54) is 29.7 Å². The van der Waals surface area contributed by atoms with Gasteiger partial charge < -0.3 is 9.64 Å². The van der Waals surface area contributed by atoms with Gasteiger partial charge in [-0.2, -0.15) is 0 Å². The van der Waals surface area contributed by atoms with Crippen LogP contribution in [0.2, 0.25) is 0 Å². The lowest BCUT2D eigenvalue weighted by atomic mass is 9.76. The standard InChI is InChI=1S/C21H27NO3/c1-3-20(23)22(16-21(24)25-4-2)15-19(17-11-7-5-8-12-17)18-13-9-6-10-14-18/h1,5,7-8,11-12,18-19H,4,6,9-10,13-16H2,2H3. The van der Waals surface area contributed by atoms with Crippen LogP contribution in [-0.2, 0) is 14.3 Å². The largest absolute Gasteiger partial charge is 0.465 e. The van der Waals surface area contributed by atoms with E-state index in [-0.39, 0.29) is 12.5 Å². The Morgan fingerprint density at radius 1 is 1.24 bits per heavy atom. The number of benzene rings is 1. The van der Waals surface area contributed by atoms with Crippen molar-refractivity contribution in [3.8, 4) is 12.3 Å². The zero-order chi connectivity index (χ0) is 18.1. The molecule has 1 saturated carbocycles. The van der Waals surface area contributed by atoms with Crippen LogP contribution >= 0.6 is 0 Å². The number of esters is 1. The predicted molar refractivity (Wildman–Crippen MR) is 97.8 cm³/mol. The van der Waals surface area contributed by atoms with E-state index >= 15 is 0 Å². The van der Waals surface area contributed by atoms with Crippen LogP contribution in [0.1, 0.15) is 50.5 Å². The average Bonchev–Trinajstić information content (AvgIpc) is 2.66. The molecule has 0 radical (unpaired) electrons. The van der Waals surface area contributed by atoms with Gasteiger partial charge in [-0.3, -0.25) is 9.59 Å². The fourth-order valence-corrected chi connectivity index (χ4v) is 3.67. The Balaban J connectivity index is 2.20. The van der Waals surface area contributed by atoms with E-state index in [1.54, 1.807) is 6.92 Å². The summed E-state index contributed by atoms with van der Waals surface area (Å²) in [6.45, 7) is 2.41. The third-order valence-corrected chi connectivity index (χ3v) is 4.90. The van der Waals surface area contributed by atoms with Crippen LogP contribution in [0.3, 0.4) is 0 Å². The third kappa shape index (κ3) is 5.63. The number of carbonyl (C=O) groups is 2. The third-order valence-electron chi connectivity index (χ3n) is 4.90. The second-order valence-corrected chi connectivity index (χ2v) is 6.55. The Morgan fingerprint density at radius 3 is 2.52 bits per heavy atom. The van der Waals surface area contributed by atoms with E-state index in [2.05, 4.69) is 18.1 Å². The summed E-state index contributed by atoms with van der Waals surface area (Å²) in [6.07, 6.45) is 11.3.